The van der Waals surface area contributed by atoms with E-state index in [1.54, 1.807) is 0 Å². The van der Waals surface area contributed by atoms with Gasteiger partial charge in [0.15, 0.2) is 17.3 Å². The molecule has 0 amide bonds. The number of likely N-dealkylation sites (tertiary alicyclic amines) is 1. The molecular weight excluding hydrogens is 206 g/mol. The second-order valence-corrected chi connectivity index (χ2v) is 3.94. The van der Waals surface area contributed by atoms with Crippen LogP contribution in [0.3, 0.4) is 0 Å². The Morgan fingerprint density at radius 3 is 2.75 bits per heavy atom. The summed E-state index contributed by atoms with van der Waals surface area (Å²) in [6, 6.07) is 4.16. The fraction of sp³-hybridized carbons (Fsp3) is 0.333. The Morgan fingerprint density at radius 1 is 1.31 bits per heavy atom. The van der Waals surface area contributed by atoms with Gasteiger partial charge in [-0.05, 0) is 37.6 Å². The van der Waals surface area contributed by atoms with Crippen molar-refractivity contribution in [2.75, 3.05) is 19.6 Å². The lowest BCUT2D eigenvalue weighted by atomic mass is 10.1. The molecular formula is C12H14NO3. The van der Waals surface area contributed by atoms with E-state index < -0.39 is 0 Å². The van der Waals surface area contributed by atoms with Gasteiger partial charge in [-0.1, -0.05) is 0 Å². The zero-order chi connectivity index (χ0) is 11.5. The molecule has 16 heavy (non-hydrogen) atoms. The number of phenolic OH excluding ortho intramolecular Hbond substituents is 2. The van der Waals surface area contributed by atoms with Crippen LogP contribution in [0.4, 0.5) is 0 Å². The van der Waals surface area contributed by atoms with Gasteiger partial charge in [-0.15, -0.1) is 0 Å². The highest BCUT2D eigenvalue weighted by Gasteiger charge is 2.17. The summed E-state index contributed by atoms with van der Waals surface area (Å²) in [6.07, 6.45) is 3.16. The van der Waals surface area contributed by atoms with Gasteiger partial charge in [0.05, 0.1) is 6.54 Å². The molecule has 0 spiro atoms. The van der Waals surface area contributed by atoms with E-state index in [1.165, 1.54) is 18.2 Å². The number of hydrogen-bond acceptors (Lipinski definition) is 4. The minimum atomic E-state index is -0.251. The maximum atomic E-state index is 11.8. The zero-order valence-electron chi connectivity index (χ0n) is 8.89. The average molecular weight is 220 g/mol. The predicted molar refractivity (Wildman–Crippen MR) is 59.5 cm³/mol. The summed E-state index contributed by atoms with van der Waals surface area (Å²) in [7, 11) is 0. The normalized spacial score (nSPS) is 16.5. The minimum Gasteiger partial charge on any atom is -0.504 e. The van der Waals surface area contributed by atoms with Gasteiger partial charge >= 0.3 is 0 Å². The van der Waals surface area contributed by atoms with Gasteiger partial charge in [0.2, 0.25) is 0 Å². The molecule has 0 unspecified atom stereocenters. The topological polar surface area (TPSA) is 60.8 Å². The highest BCUT2D eigenvalue weighted by Crippen LogP contribution is 2.25. The first-order chi connectivity index (χ1) is 7.66. The summed E-state index contributed by atoms with van der Waals surface area (Å²) in [5, 5.41) is 18.4. The van der Waals surface area contributed by atoms with E-state index >= 15 is 0 Å². The first-order valence-corrected chi connectivity index (χ1v) is 5.26. The maximum absolute atomic E-state index is 11.8. The van der Waals surface area contributed by atoms with E-state index in [-0.39, 0.29) is 17.3 Å². The highest BCUT2D eigenvalue weighted by molar-refractivity contribution is 5.98. The number of hydrogen-bond donors (Lipinski definition) is 2. The molecule has 4 heteroatoms. The Kier molecular flexibility index (Phi) is 3.10. The minimum absolute atomic E-state index is 0.0365. The van der Waals surface area contributed by atoms with Gasteiger partial charge in [-0.2, -0.15) is 0 Å². The number of rotatable bonds is 3. The predicted octanol–water partition coefficient (Wildman–Crippen LogP) is 1.19. The third-order valence-electron chi connectivity index (χ3n) is 2.70. The van der Waals surface area contributed by atoms with E-state index in [0.29, 0.717) is 12.1 Å². The van der Waals surface area contributed by atoms with Crippen LogP contribution in [-0.4, -0.2) is 40.5 Å². The number of carbonyl (C=O) groups is 1. The molecule has 0 saturated carbocycles. The molecule has 4 nitrogen and oxygen atoms in total. The zero-order valence-corrected chi connectivity index (χ0v) is 8.89. The molecule has 1 aliphatic rings. The molecule has 85 valence electrons. The Hall–Kier alpha value is -1.55. The standard InChI is InChI=1S/C12H14NO3/c14-10-4-3-9(7-11(10)15)12(16)8-13-5-1-2-6-13/h1,3-4,7,14-15H,2,5-6,8H2. The average Bonchev–Trinajstić information content (AvgIpc) is 2.74. The first kappa shape index (κ1) is 11.0. The Labute approximate surface area is 94.1 Å². The summed E-state index contributed by atoms with van der Waals surface area (Å²) >= 11 is 0. The van der Waals surface area contributed by atoms with Crippen molar-refractivity contribution in [1.29, 1.82) is 0 Å². The molecule has 1 radical (unpaired) electrons. The van der Waals surface area contributed by atoms with Gasteiger partial charge < -0.3 is 10.2 Å². The summed E-state index contributed by atoms with van der Waals surface area (Å²) in [6.45, 7) is 2.12. The van der Waals surface area contributed by atoms with Crippen molar-refractivity contribution >= 4 is 5.78 Å². The molecule has 1 aromatic rings. The lowest BCUT2D eigenvalue weighted by Crippen LogP contribution is -2.26. The van der Waals surface area contributed by atoms with Crippen molar-refractivity contribution in [3.63, 3.8) is 0 Å². The smallest absolute Gasteiger partial charge is 0.176 e. The van der Waals surface area contributed by atoms with Crippen molar-refractivity contribution < 1.29 is 15.0 Å². The lowest BCUT2D eigenvalue weighted by molar-refractivity contribution is 0.0946. The molecule has 0 aromatic heterocycles. The number of benzene rings is 1. The molecule has 1 aromatic carbocycles. The fourth-order valence-corrected chi connectivity index (χ4v) is 1.77. The molecule has 2 N–H and O–H groups in total. The van der Waals surface area contributed by atoms with Crippen molar-refractivity contribution in [3.05, 3.63) is 30.2 Å². The molecule has 0 aliphatic carbocycles. The van der Waals surface area contributed by atoms with Gasteiger partial charge in [0.25, 0.3) is 0 Å². The number of aromatic hydroxyl groups is 2. The van der Waals surface area contributed by atoms with Crippen LogP contribution in [0.25, 0.3) is 0 Å². The van der Waals surface area contributed by atoms with Crippen LogP contribution in [0.1, 0.15) is 16.8 Å². The summed E-state index contributed by atoms with van der Waals surface area (Å²) in [5.74, 6) is -0.490. The van der Waals surface area contributed by atoms with Crippen molar-refractivity contribution in [1.82, 2.24) is 4.90 Å². The Balaban J connectivity index is 2.05. The maximum Gasteiger partial charge on any atom is 0.176 e. The SMILES string of the molecule is O=C(CN1C[CH]CC1)c1ccc(O)c(O)c1. The van der Waals surface area contributed by atoms with Gasteiger partial charge in [0, 0.05) is 12.1 Å². The summed E-state index contributed by atoms with van der Waals surface area (Å²) in [4.78, 5) is 13.9. The van der Waals surface area contributed by atoms with E-state index in [0.717, 1.165) is 19.5 Å². The molecule has 0 atom stereocenters. The molecule has 1 fully saturated rings. The third-order valence-corrected chi connectivity index (χ3v) is 2.70. The quantitative estimate of drug-likeness (QED) is 0.593. The van der Waals surface area contributed by atoms with Crippen molar-refractivity contribution in [2.24, 2.45) is 0 Å². The Bertz CT molecular complexity index is 397. The van der Waals surface area contributed by atoms with Crippen LogP contribution >= 0.6 is 0 Å². The summed E-state index contributed by atoms with van der Waals surface area (Å²) in [5.41, 5.74) is 0.433. The second-order valence-electron chi connectivity index (χ2n) is 3.94. The van der Waals surface area contributed by atoms with Gasteiger partial charge in [0.1, 0.15) is 0 Å². The van der Waals surface area contributed by atoms with E-state index in [4.69, 9.17) is 5.11 Å². The van der Waals surface area contributed by atoms with Crippen molar-refractivity contribution in [3.8, 4) is 11.5 Å². The number of nitrogens with zero attached hydrogens (tertiary/aromatic N) is 1. The third kappa shape index (κ3) is 2.33. The fourth-order valence-electron chi connectivity index (χ4n) is 1.77. The lowest BCUT2D eigenvalue weighted by Gasteiger charge is -2.13. The molecule has 1 heterocycles. The Morgan fingerprint density at radius 2 is 2.12 bits per heavy atom. The van der Waals surface area contributed by atoms with Crippen LogP contribution in [0, 0.1) is 6.42 Å². The van der Waals surface area contributed by atoms with Crippen molar-refractivity contribution in [2.45, 2.75) is 6.42 Å². The first-order valence-electron chi connectivity index (χ1n) is 5.26. The molecule has 1 aliphatic heterocycles. The van der Waals surface area contributed by atoms with Crippen LogP contribution in [0.15, 0.2) is 18.2 Å². The number of phenols is 2. The number of ketones is 1. The molecule has 0 bridgehead atoms. The van der Waals surface area contributed by atoms with E-state index in [2.05, 4.69) is 6.42 Å². The van der Waals surface area contributed by atoms with Gasteiger partial charge in [-0.3, -0.25) is 9.69 Å². The van der Waals surface area contributed by atoms with Crippen LogP contribution < -0.4 is 0 Å². The molecule has 1 saturated heterocycles. The number of Topliss-reactive ketones (excluding diaryl/α,β-unsaturated/α-hetero) is 1. The van der Waals surface area contributed by atoms with E-state index in [9.17, 15) is 9.90 Å². The summed E-state index contributed by atoms with van der Waals surface area (Å²) < 4.78 is 0. The largest absolute Gasteiger partial charge is 0.504 e. The monoisotopic (exact) mass is 220 g/mol. The number of carbonyl (C=O) groups excluding carboxylic acids is 1. The second kappa shape index (κ2) is 4.53. The van der Waals surface area contributed by atoms with Crippen LogP contribution in [0.2, 0.25) is 0 Å². The van der Waals surface area contributed by atoms with E-state index in [1.807, 2.05) is 4.90 Å². The van der Waals surface area contributed by atoms with Crippen LogP contribution in [-0.2, 0) is 0 Å². The highest BCUT2D eigenvalue weighted by atomic mass is 16.3. The van der Waals surface area contributed by atoms with Crippen LogP contribution in [0.5, 0.6) is 11.5 Å². The molecule has 2 rings (SSSR count). The van der Waals surface area contributed by atoms with Gasteiger partial charge in [-0.25, -0.2) is 0 Å².